The van der Waals surface area contributed by atoms with Crippen LogP contribution in [-0.2, 0) is 9.84 Å². The van der Waals surface area contributed by atoms with Crippen LogP contribution in [0.1, 0.15) is 29.8 Å². The molecule has 114 valence electrons. The summed E-state index contributed by atoms with van der Waals surface area (Å²) in [6.45, 7) is 1.94. The molecular formula is C13H18N4O3S. The highest BCUT2D eigenvalue weighted by Gasteiger charge is 2.29. The van der Waals surface area contributed by atoms with Gasteiger partial charge >= 0.3 is 0 Å². The van der Waals surface area contributed by atoms with Crippen LogP contribution in [0.4, 0.5) is 5.82 Å². The van der Waals surface area contributed by atoms with E-state index in [1.54, 1.807) is 12.1 Å². The lowest BCUT2D eigenvalue weighted by Crippen LogP contribution is -2.36. The van der Waals surface area contributed by atoms with E-state index in [-0.39, 0.29) is 29.1 Å². The predicted octanol–water partition coefficient (Wildman–Crippen LogP) is -0.00630. The number of carbonyl (C=O) groups is 1. The summed E-state index contributed by atoms with van der Waals surface area (Å²) in [6, 6.07) is 3.11. The minimum atomic E-state index is -3.00. The van der Waals surface area contributed by atoms with Gasteiger partial charge in [-0.2, -0.15) is 0 Å². The Kier molecular flexibility index (Phi) is 3.79. The number of amides is 1. The zero-order valence-corrected chi connectivity index (χ0v) is 12.5. The number of aromatic nitrogens is 2. The molecule has 3 rings (SSSR count). The summed E-state index contributed by atoms with van der Waals surface area (Å²) in [4.78, 5) is 14.2. The molecule has 1 atom stereocenters. The van der Waals surface area contributed by atoms with Crippen molar-refractivity contribution >= 4 is 21.6 Å². The number of anilines is 1. The van der Waals surface area contributed by atoms with E-state index in [1.165, 1.54) is 0 Å². The average molecular weight is 310 g/mol. The van der Waals surface area contributed by atoms with E-state index >= 15 is 0 Å². The third kappa shape index (κ3) is 3.31. The minimum absolute atomic E-state index is 0.0119. The SMILES string of the molecule is O=C(N[C@H]1CCS(=O)(=O)C1)c1ccc(N2CCCC2)nn1. The lowest BCUT2D eigenvalue weighted by molar-refractivity contribution is 0.0935. The molecule has 7 nitrogen and oxygen atoms in total. The molecule has 1 amide bonds. The molecule has 0 saturated carbocycles. The summed E-state index contributed by atoms with van der Waals surface area (Å²) in [7, 11) is -3.00. The number of nitrogens with one attached hydrogen (secondary N) is 1. The quantitative estimate of drug-likeness (QED) is 0.844. The van der Waals surface area contributed by atoms with E-state index in [2.05, 4.69) is 20.4 Å². The zero-order chi connectivity index (χ0) is 14.9. The standard InChI is InChI=1S/C13H18N4O3S/c18-13(14-10-5-8-21(19,20)9-10)11-3-4-12(16-15-11)17-6-1-2-7-17/h3-4,10H,1-2,5-9H2,(H,14,18)/t10-/m0/s1. The number of hydrogen-bond donors (Lipinski definition) is 1. The fourth-order valence-corrected chi connectivity index (χ4v) is 4.40. The van der Waals surface area contributed by atoms with Gasteiger partial charge in [-0.15, -0.1) is 10.2 Å². The molecular weight excluding hydrogens is 292 g/mol. The second-order valence-corrected chi connectivity index (χ2v) is 7.77. The molecule has 2 aliphatic rings. The summed E-state index contributed by atoms with van der Waals surface area (Å²) in [6.07, 6.45) is 2.77. The van der Waals surface area contributed by atoms with E-state index in [1.807, 2.05) is 0 Å². The summed E-state index contributed by atoms with van der Waals surface area (Å²) < 4.78 is 22.7. The molecule has 21 heavy (non-hydrogen) atoms. The van der Waals surface area contributed by atoms with Gasteiger partial charge in [0, 0.05) is 19.1 Å². The highest BCUT2D eigenvalue weighted by molar-refractivity contribution is 7.91. The van der Waals surface area contributed by atoms with Crippen molar-refractivity contribution in [2.24, 2.45) is 0 Å². The molecule has 0 spiro atoms. The molecule has 1 aromatic heterocycles. The maximum absolute atomic E-state index is 12.0. The lowest BCUT2D eigenvalue weighted by atomic mass is 10.2. The monoisotopic (exact) mass is 310 g/mol. The minimum Gasteiger partial charge on any atom is -0.355 e. The molecule has 2 saturated heterocycles. The van der Waals surface area contributed by atoms with Crippen molar-refractivity contribution in [1.29, 1.82) is 0 Å². The second kappa shape index (κ2) is 5.59. The maximum Gasteiger partial charge on any atom is 0.272 e. The number of nitrogens with zero attached hydrogens (tertiary/aromatic N) is 3. The van der Waals surface area contributed by atoms with Crippen molar-refractivity contribution < 1.29 is 13.2 Å². The maximum atomic E-state index is 12.0. The Bertz CT molecular complexity index is 623. The Morgan fingerprint density at radius 3 is 2.57 bits per heavy atom. The van der Waals surface area contributed by atoms with E-state index in [4.69, 9.17) is 0 Å². The first-order chi connectivity index (χ1) is 10.0. The molecule has 8 heteroatoms. The Hall–Kier alpha value is -1.70. The summed E-state index contributed by atoms with van der Waals surface area (Å²) in [5.41, 5.74) is 0.224. The Morgan fingerprint density at radius 1 is 1.24 bits per heavy atom. The van der Waals surface area contributed by atoms with Crippen molar-refractivity contribution in [2.75, 3.05) is 29.5 Å². The van der Waals surface area contributed by atoms with Gasteiger partial charge < -0.3 is 10.2 Å². The van der Waals surface area contributed by atoms with Crippen LogP contribution >= 0.6 is 0 Å². The van der Waals surface area contributed by atoms with Crippen LogP contribution in [0.3, 0.4) is 0 Å². The zero-order valence-electron chi connectivity index (χ0n) is 11.7. The Balaban J connectivity index is 1.62. The van der Waals surface area contributed by atoms with Crippen LogP contribution < -0.4 is 10.2 Å². The number of sulfone groups is 1. The lowest BCUT2D eigenvalue weighted by Gasteiger charge is -2.15. The van der Waals surface area contributed by atoms with E-state index in [0.29, 0.717) is 6.42 Å². The molecule has 0 bridgehead atoms. The molecule has 2 fully saturated rings. The first-order valence-corrected chi connectivity index (χ1v) is 8.96. The largest absolute Gasteiger partial charge is 0.355 e. The number of carbonyl (C=O) groups excluding carboxylic acids is 1. The molecule has 3 heterocycles. The highest BCUT2D eigenvalue weighted by Crippen LogP contribution is 2.17. The first kappa shape index (κ1) is 14.2. The Morgan fingerprint density at radius 2 is 2.00 bits per heavy atom. The van der Waals surface area contributed by atoms with Crippen LogP contribution in [0, 0.1) is 0 Å². The van der Waals surface area contributed by atoms with Crippen LogP contribution in [0.5, 0.6) is 0 Å². The second-order valence-electron chi connectivity index (χ2n) is 5.54. The summed E-state index contributed by atoms with van der Waals surface area (Å²) in [5, 5.41) is 10.7. The third-order valence-electron chi connectivity index (χ3n) is 3.88. The van der Waals surface area contributed by atoms with Crippen LogP contribution in [0.25, 0.3) is 0 Å². The number of hydrogen-bond acceptors (Lipinski definition) is 6. The van der Waals surface area contributed by atoms with Crippen molar-refractivity contribution in [1.82, 2.24) is 15.5 Å². The van der Waals surface area contributed by atoms with Gasteiger partial charge in [-0.3, -0.25) is 4.79 Å². The van der Waals surface area contributed by atoms with Crippen molar-refractivity contribution in [2.45, 2.75) is 25.3 Å². The molecule has 2 aliphatic heterocycles. The van der Waals surface area contributed by atoms with Gasteiger partial charge in [-0.1, -0.05) is 0 Å². The fourth-order valence-electron chi connectivity index (χ4n) is 2.73. The van der Waals surface area contributed by atoms with Gasteiger partial charge in [-0.05, 0) is 31.4 Å². The topological polar surface area (TPSA) is 92.3 Å². The van der Waals surface area contributed by atoms with Crippen molar-refractivity contribution in [3.05, 3.63) is 17.8 Å². The smallest absolute Gasteiger partial charge is 0.272 e. The van der Waals surface area contributed by atoms with Gasteiger partial charge in [0.15, 0.2) is 21.3 Å². The number of rotatable bonds is 3. The predicted molar refractivity (Wildman–Crippen MR) is 78.0 cm³/mol. The van der Waals surface area contributed by atoms with Crippen LogP contribution in [0.15, 0.2) is 12.1 Å². The van der Waals surface area contributed by atoms with Crippen molar-refractivity contribution in [3.8, 4) is 0 Å². The van der Waals surface area contributed by atoms with Crippen LogP contribution in [0.2, 0.25) is 0 Å². The Labute approximate surface area is 123 Å². The summed E-state index contributed by atoms with van der Waals surface area (Å²) >= 11 is 0. The van der Waals surface area contributed by atoms with Gasteiger partial charge in [0.25, 0.3) is 5.91 Å². The van der Waals surface area contributed by atoms with Gasteiger partial charge in [0.2, 0.25) is 0 Å². The molecule has 0 aliphatic carbocycles. The molecule has 1 N–H and O–H groups in total. The van der Waals surface area contributed by atoms with Gasteiger partial charge in [0.05, 0.1) is 11.5 Å². The summed E-state index contributed by atoms with van der Waals surface area (Å²) in [5.74, 6) is 0.570. The molecule has 0 radical (unpaired) electrons. The molecule has 1 aromatic rings. The van der Waals surface area contributed by atoms with E-state index in [0.717, 1.165) is 31.7 Å². The van der Waals surface area contributed by atoms with E-state index in [9.17, 15) is 13.2 Å². The first-order valence-electron chi connectivity index (χ1n) is 7.13. The van der Waals surface area contributed by atoms with Gasteiger partial charge in [-0.25, -0.2) is 8.42 Å². The van der Waals surface area contributed by atoms with Crippen LogP contribution in [-0.4, -0.2) is 55.2 Å². The fraction of sp³-hybridized carbons (Fsp3) is 0.615. The van der Waals surface area contributed by atoms with Crippen molar-refractivity contribution in [3.63, 3.8) is 0 Å². The highest BCUT2D eigenvalue weighted by atomic mass is 32.2. The normalized spacial score (nSPS) is 24.2. The molecule has 0 aromatic carbocycles. The van der Waals surface area contributed by atoms with E-state index < -0.39 is 9.84 Å². The molecule has 0 unspecified atom stereocenters. The van der Waals surface area contributed by atoms with Gasteiger partial charge in [0.1, 0.15) is 0 Å². The third-order valence-corrected chi connectivity index (χ3v) is 5.65. The average Bonchev–Trinajstić information content (AvgIpc) is 3.09.